The monoisotopic (exact) mass is 531 g/mol. The molecule has 1 aromatic rings. The molecule has 0 aliphatic carbocycles. The Morgan fingerprint density at radius 3 is 2.50 bits per heavy atom. The number of nitrogens with one attached hydrogen (secondary N) is 3. The van der Waals surface area contributed by atoms with Gasteiger partial charge in [0.05, 0.1) is 6.42 Å². The fourth-order valence-corrected chi connectivity index (χ4v) is 5.36. The van der Waals surface area contributed by atoms with Crippen molar-refractivity contribution in [2.45, 2.75) is 58.1 Å². The van der Waals surface area contributed by atoms with Crippen molar-refractivity contribution in [2.75, 3.05) is 26.7 Å². The highest BCUT2D eigenvalue weighted by Crippen LogP contribution is 2.30. The Labute approximate surface area is 225 Å². The molecule has 196 valence electrons. The largest absolute Gasteiger partial charge is 0.359 e. The number of amides is 2. The number of thioether (sulfide) groups is 1. The molecule has 7 nitrogen and oxygen atoms in total. The zero-order valence-electron chi connectivity index (χ0n) is 21.6. The zero-order chi connectivity index (χ0) is 26.7. The maximum Gasteiger partial charge on any atom is 0.224 e. The number of halogens is 1. The van der Waals surface area contributed by atoms with Gasteiger partial charge in [-0.2, -0.15) is 0 Å². The Kier molecular flexibility index (Phi) is 12.2. The van der Waals surface area contributed by atoms with Gasteiger partial charge in [0.15, 0.2) is 5.50 Å². The van der Waals surface area contributed by atoms with Crippen molar-refractivity contribution in [2.24, 2.45) is 0 Å². The number of hydrogen-bond acceptors (Lipinski definition) is 6. The number of nitrogens with zero attached hydrogens (tertiary/aromatic N) is 2. The van der Waals surface area contributed by atoms with Gasteiger partial charge >= 0.3 is 0 Å². The quantitative estimate of drug-likeness (QED) is 0.442. The lowest BCUT2D eigenvalue weighted by atomic mass is 10.1. The summed E-state index contributed by atoms with van der Waals surface area (Å²) >= 11 is 7.68. The molecule has 0 radical (unpaired) electrons. The van der Waals surface area contributed by atoms with Crippen molar-refractivity contribution in [3.8, 4) is 12.8 Å². The topological polar surface area (TPSA) is 76.7 Å². The molecule has 36 heavy (non-hydrogen) atoms. The molecule has 1 aromatic carbocycles. The Morgan fingerprint density at radius 1 is 1.22 bits per heavy atom. The standard InChI is InChI=1S/C23H30ClN5O2S.C2H6.C2H2/c1-15-14-32-23(28(15)2)27-20-13-29(12-19-7-8-21(30)26-19)11-17(20)9-22(31)25-10-16-3-5-18(24)6-4-16;2*1-2/h3-6,14,19,23,27H,7-13H2,1-2H3,(H,25,31)(H,26,30);1-2H3;1-2H. The SMILES string of the molecule is C#C.CC.CC1=CSC(NC2=C(CC(=O)NCc3ccc(Cl)cc3)CN(CC3CCC(=O)N3)C2)N1C. The van der Waals surface area contributed by atoms with Crippen molar-refractivity contribution < 1.29 is 9.59 Å². The number of terminal acetylenes is 1. The van der Waals surface area contributed by atoms with Gasteiger partial charge in [0, 0.05) is 62.1 Å². The van der Waals surface area contributed by atoms with Crippen LogP contribution in [0.4, 0.5) is 0 Å². The van der Waals surface area contributed by atoms with E-state index in [1.54, 1.807) is 11.8 Å². The Bertz CT molecular complexity index is 976. The molecular weight excluding hydrogens is 494 g/mol. The van der Waals surface area contributed by atoms with Crippen LogP contribution in [0.15, 0.2) is 46.6 Å². The average molecular weight is 532 g/mol. The van der Waals surface area contributed by atoms with Crippen molar-refractivity contribution in [3.63, 3.8) is 0 Å². The number of carbonyl (C=O) groups excluding carboxylic acids is 2. The van der Waals surface area contributed by atoms with E-state index in [9.17, 15) is 9.59 Å². The molecule has 4 rings (SSSR count). The molecule has 1 fully saturated rings. The molecule has 3 heterocycles. The van der Waals surface area contributed by atoms with Gasteiger partial charge < -0.3 is 20.9 Å². The van der Waals surface area contributed by atoms with Crippen LogP contribution < -0.4 is 16.0 Å². The lowest BCUT2D eigenvalue weighted by Crippen LogP contribution is -2.40. The lowest BCUT2D eigenvalue weighted by Gasteiger charge is -2.26. The van der Waals surface area contributed by atoms with E-state index in [-0.39, 0.29) is 23.4 Å². The second-order valence-electron chi connectivity index (χ2n) is 8.64. The summed E-state index contributed by atoms with van der Waals surface area (Å²) in [5.74, 6) is 0.139. The van der Waals surface area contributed by atoms with E-state index >= 15 is 0 Å². The van der Waals surface area contributed by atoms with E-state index in [0.717, 1.165) is 42.9 Å². The second-order valence-corrected chi connectivity index (χ2v) is 10.0. The van der Waals surface area contributed by atoms with Gasteiger partial charge in [0.1, 0.15) is 0 Å². The molecule has 0 bridgehead atoms. The Hall–Kier alpha value is -2.60. The maximum atomic E-state index is 12.7. The number of carbonyl (C=O) groups is 2. The number of benzene rings is 1. The second kappa shape index (κ2) is 14.8. The van der Waals surface area contributed by atoms with Gasteiger partial charge in [-0.1, -0.05) is 49.3 Å². The lowest BCUT2D eigenvalue weighted by molar-refractivity contribution is -0.121. The van der Waals surface area contributed by atoms with Gasteiger partial charge in [-0.05, 0) is 42.0 Å². The van der Waals surface area contributed by atoms with E-state index in [0.29, 0.717) is 24.4 Å². The maximum absolute atomic E-state index is 12.7. The first-order valence-electron chi connectivity index (χ1n) is 12.3. The van der Waals surface area contributed by atoms with Crippen LogP contribution >= 0.6 is 23.4 Å². The Balaban J connectivity index is 0.00000109. The van der Waals surface area contributed by atoms with Gasteiger partial charge in [0.2, 0.25) is 11.8 Å². The highest BCUT2D eigenvalue weighted by atomic mass is 35.5. The molecule has 2 amide bonds. The van der Waals surface area contributed by atoms with Crippen molar-refractivity contribution in [1.82, 2.24) is 25.8 Å². The molecule has 0 saturated carbocycles. The number of rotatable bonds is 8. The molecular formula is C27H38ClN5O2S. The third-order valence-electron chi connectivity index (χ3n) is 6.14. The highest BCUT2D eigenvalue weighted by molar-refractivity contribution is 8.02. The predicted molar refractivity (Wildman–Crippen MR) is 150 cm³/mol. The summed E-state index contributed by atoms with van der Waals surface area (Å²) in [6.07, 6.45) is 9.84. The van der Waals surface area contributed by atoms with Crippen molar-refractivity contribution in [1.29, 1.82) is 0 Å². The minimum absolute atomic E-state index is 0.00649. The first-order chi connectivity index (χ1) is 17.4. The van der Waals surface area contributed by atoms with Crippen LogP contribution in [-0.4, -0.2) is 59.8 Å². The molecule has 0 aromatic heterocycles. The smallest absolute Gasteiger partial charge is 0.224 e. The Morgan fingerprint density at radius 2 is 1.92 bits per heavy atom. The first-order valence-corrected chi connectivity index (χ1v) is 13.6. The summed E-state index contributed by atoms with van der Waals surface area (Å²) < 4.78 is 0. The summed E-state index contributed by atoms with van der Waals surface area (Å²) in [4.78, 5) is 28.8. The molecule has 3 N–H and O–H groups in total. The van der Waals surface area contributed by atoms with Gasteiger partial charge in [-0.3, -0.25) is 14.5 Å². The molecule has 9 heteroatoms. The number of hydrogen-bond donors (Lipinski definition) is 3. The average Bonchev–Trinajstić information content (AvgIpc) is 3.56. The van der Waals surface area contributed by atoms with Crippen LogP contribution in [0.2, 0.25) is 5.02 Å². The summed E-state index contributed by atoms with van der Waals surface area (Å²) in [6, 6.07) is 7.69. The van der Waals surface area contributed by atoms with E-state index in [4.69, 9.17) is 11.6 Å². The molecule has 2 unspecified atom stereocenters. The van der Waals surface area contributed by atoms with Gasteiger partial charge in [0.25, 0.3) is 0 Å². The summed E-state index contributed by atoms with van der Waals surface area (Å²) in [7, 11) is 2.07. The molecule has 3 aliphatic rings. The van der Waals surface area contributed by atoms with Crippen molar-refractivity contribution >= 4 is 35.2 Å². The molecule has 3 aliphatic heterocycles. The predicted octanol–water partition coefficient (Wildman–Crippen LogP) is 3.88. The normalized spacial score (nSPS) is 21.1. The minimum atomic E-state index is 0.00649. The van der Waals surface area contributed by atoms with Gasteiger partial charge in [-0.25, -0.2) is 0 Å². The van der Waals surface area contributed by atoms with Gasteiger partial charge in [-0.15, -0.1) is 12.8 Å². The van der Waals surface area contributed by atoms with E-state index in [2.05, 4.69) is 58.0 Å². The first kappa shape index (κ1) is 29.6. The fraction of sp³-hybridized carbons (Fsp3) is 0.481. The summed E-state index contributed by atoms with van der Waals surface area (Å²) in [5.41, 5.74) is 4.60. The molecule has 1 saturated heterocycles. The molecule has 0 spiro atoms. The summed E-state index contributed by atoms with van der Waals surface area (Å²) in [6.45, 7) is 8.87. The van der Waals surface area contributed by atoms with Crippen LogP contribution in [0, 0.1) is 12.8 Å². The summed E-state index contributed by atoms with van der Waals surface area (Å²) in [5, 5.41) is 12.6. The van der Waals surface area contributed by atoms with Crippen LogP contribution in [0.25, 0.3) is 0 Å². The van der Waals surface area contributed by atoms with Crippen LogP contribution in [0.1, 0.15) is 45.6 Å². The third kappa shape index (κ3) is 8.51. The van der Waals surface area contributed by atoms with Crippen molar-refractivity contribution in [3.05, 3.63) is 57.2 Å². The van der Waals surface area contributed by atoms with E-state index in [1.807, 2.05) is 38.1 Å². The highest BCUT2D eigenvalue weighted by Gasteiger charge is 2.31. The van der Waals surface area contributed by atoms with Crippen LogP contribution in [0.5, 0.6) is 0 Å². The van der Waals surface area contributed by atoms with Crippen LogP contribution in [-0.2, 0) is 16.1 Å². The van der Waals surface area contributed by atoms with E-state index in [1.165, 1.54) is 5.70 Å². The number of allylic oxidation sites excluding steroid dienone is 1. The zero-order valence-corrected chi connectivity index (χ0v) is 23.2. The third-order valence-corrected chi connectivity index (χ3v) is 7.56. The van der Waals surface area contributed by atoms with E-state index < -0.39 is 0 Å². The minimum Gasteiger partial charge on any atom is -0.359 e. The molecule has 2 atom stereocenters. The fourth-order valence-electron chi connectivity index (χ4n) is 4.18. The van der Waals surface area contributed by atoms with Crippen LogP contribution in [0.3, 0.4) is 0 Å².